The first kappa shape index (κ1) is 14.0. The number of hydrogen-bond acceptors (Lipinski definition) is 2. The van der Waals surface area contributed by atoms with Crippen molar-refractivity contribution in [3.63, 3.8) is 0 Å². The predicted octanol–water partition coefficient (Wildman–Crippen LogP) is 3.94. The number of halogens is 1. The summed E-state index contributed by atoms with van der Waals surface area (Å²) in [6.45, 7) is 5.11. The summed E-state index contributed by atoms with van der Waals surface area (Å²) in [7, 11) is 0. The third kappa shape index (κ3) is 3.55. The van der Waals surface area contributed by atoms with E-state index in [9.17, 15) is 0 Å². The molecular weight excluding hydrogens is 256 g/mol. The van der Waals surface area contributed by atoms with Crippen molar-refractivity contribution in [2.45, 2.75) is 26.3 Å². The highest BCUT2D eigenvalue weighted by Gasteiger charge is 2.15. The highest BCUT2D eigenvalue weighted by atomic mass is 35.5. The first-order chi connectivity index (χ1) is 9.22. The number of aromatic nitrogens is 1. The molecule has 0 aliphatic heterocycles. The van der Waals surface area contributed by atoms with Crippen LogP contribution in [-0.2, 0) is 6.42 Å². The fourth-order valence-corrected chi connectivity index (χ4v) is 2.49. The third-order valence-corrected chi connectivity index (χ3v) is 3.59. The highest BCUT2D eigenvalue weighted by Crippen LogP contribution is 2.25. The van der Waals surface area contributed by atoms with Gasteiger partial charge in [-0.25, -0.2) is 0 Å². The van der Waals surface area contributed by atoms with Crippen molar-refractivity contribution in [3.05, 3.63) is 64.4 Å². The molecule has 19 heavy (non-hydrogen) atoms. The molecule has 1 N–H and O–H groups in total. The van der Waals surface area contributed by atoms with Gasteiger partial charge in [0.1, 0.15) is 0 Å². The van der Waals surface area contributed by atoms with Crippen LogP contribution >= 0.6 is 11.6 Å². The quantitative estimate of drug-likeness (QED) is 0.893. The molecule has 0 radical (unpaired) electrons. The lowest BCUT2D eigenvalue weighted by Crippen LogP contribution is -2.24. The smallest absolute Gasteiger partial charge is 0.0453 e. The van der Waals surface area contributed by atoms with Gasteiger partial charge in [-0.1, -0.05) is 42.8 Å². The third-order valence-electron chi connectivity index (χ3n) is 3.25. The summed E-state index contributed by atoms with van der Waals surface area (Å²) in [6.07, 6.45) is 2.70. The van der Waals surface area contributed by atoms with Crippen molar-refractivity contribution < 1.29 is 0 Å². The number of nitrogens with one attached hydrogen (secondary N) is 1. The Labute approximate surface area is 119 Å². The molecule has 2 nitrogen and oxygen atoms in total. The van der Waals surface area contributed by atoms with Crippen LogP contribution < -0.4 is 5.32 Å². The zero-order valence-electron chi connectivity index (χ0n) is 11.4. The van der Waals surface area contributed by atoms with E-state index < -0.39 is 0 Å². The van der Waals surface area contributed by atoms with Crippen LogP contribution in [0.2, 0.25) is 5.02 Å². The number of nitrogens with zero attached hydrogens (tertiary/aromatic N) is 1. The van der Waals surface area contributed by atoms with Crippen LogP contribution in [0.3, 0.4) is 0 Å². The van der Waals surface area contributed by atoms with Gasteiger partial charge in [0.2, 0.25) is 0 Å². The van der Waals surface area contributed by atoms with E-state index in [2.05, 4.69) is 36.3 Å². The normalized spacial score (nSPS) is 12.4. The minimum absolute atomic E-state index is 0.201. The van der Waals surface area contributed by atoms with Crippen LogP contribution in [0.5, 0.6) is 0 Å². The van der Waals surface area contributed by atoms with Crippen LogP contribution in [0.1, 0.15) is 29.8 Å². The molecular formula is C16H19ClN2. The molecule has 0 amide bonds. The minimum atomic E-state index is 0.201. The van der Waals surface area contributed by atoms with Gasteiger partial charge in [0, 0.05) is 29.4 Å². The first-order valence-electron chi connectivity index (χ1n) is 6.60. The molecule has 1 heterocycles. The molecule has 0 bridgehead atoms. The molecule has 1 atom stereocenters. The number of aryl methyl sites for hydroxylation is 1. The summed E-state index contributed by atoms with van der Waals surface area (Å²) in [4.78, 5) is 4.47. The van der Waals surface area contributed by atoms with E-state index in [1.165, 1.54) is 5.56 Å². The summed E-state index contributed by atoms with van der Waals surface area (Å²) in [5.74, 6) is 0. The largest absolute Gasteiger partial charge is 0.310 e. The Hall–Kier alpha value is -1.38. The zero-order valence-corrected chi connectivity index (χ0v) is 12.1. The van der Waals surface area contributed by atoms with Gasteiger partial charge < -0.3 is 5.32 Å². The first-order valence-corrected chi connectivity index (χ1v) is 6.98. The van der Waals surface area contributed by atoms with E-state index in [0.29, 0.717) is 0 Å². The summed E-state index contributed by atoms with van der Waals surface area (Å²) in [6, 6.07) is 12.3. The number of pyridine rings is 1. The van der Waals surface area contributed by atoms with E-state index in [-0.39, 0.29) is 6.04 Å². The minimum Gasteiger partial charge on any atom is -0.310 e. The Kier molecular flexibility index (Phi) is 4.94. The van der Waals surface area contributed by atoms with E-state index in [1.807, 2.05) is 30.5 Å². The molecule has 100 valence electrons. The molecule has 1 aromatic carbocycles. The van der Waals surface area contributed by atoms with E-state index >= 15 is 0 Å². The lowest BCUT2D eigenvalue weighted by Gasteiger charge is -2.20. The van der Waals surface area contributed by atoms with Gasteiger partial charge >= 0.3 is 0 Å². The maximum absolute atomic E-state index is 6.30. The lowest BCUT2D eigenvalue weighted by molar-refractivity contribution is 0.543. The summed E-state index contributed by atoms with van der Waals surface area (Å²) < 4.78 is 0. The average Bonchev–Trinajstić information content (AvgIpc) is 2.41. The second-order valence-corrected chi connectivity index (χ2v) is 5.01. The van der Waals surface area contributed by atoms with Gasteiger partial charge in [0.05, 0.1) is 0 Å². The van der Waals surface area contributed by atoms with E-state index in [0.717, 1.165) is 29.2 Å². The van der Waals surface area contributed by atoms with Crippen LogP contribution in [0.25, 0.3) is 0 Å². The molecule has 0 saturated carbocycles. The molecule has 0 spiro atoms. The van der Waals surface area contributed by atoms with Gasteiger partial charge in [-0.05, 0) is 36.7 Å². The Balaban J connectivity index is 2.27. The molecule has 2 rings (SSSR count). The SMILES string of the molecule is CCNC(Cc1ncccc1C)c1ccccc1Cl. The molecule has 1 aromatic heterocycles. The molecule has 0 saturated heterocycles. The summed E-state index contributed by atoms with van der Waals surface area (Å²) in [5.41, 5.74) is 3.47. The number of likely N-dealkylation sites (N-methyl/N-ethyl adjacent to an activating group) is 1. The summed E-state index contributed by atoms with van der Waals surface area (Å²) >= 11 is 6.30. The van der Waals surface area contributed by atoms with Crippen LogP contribution in [-0.4, -0.2) is 11.5 Å². The van der Waals surface area contributed by atoms with Crippen LogP contribution in [0.15, 0.2) is 42.6 Å². The van der Waals surface area contributed by atoms with Crippen molar-refractivity contribution in [2.24, 2.45) is 0 Å². The Morgan fingerprint density at radius 3 is 2.68 bits per heavy atom. The molecule has 2 aromatic rings. The number of rotatable bonds is 5. The van der Waals surface area contributed by atoms with Crippen molar-refractivity contribution in [2.75, 3.05) is 6.54 Å². The van der Waals surface area contributed by atoms with Crippen molar-refractivity contribution >= 4 is 11.6 Å². The van der Waals surface area contributed by atoms with Gasteiger partial charge in [0.15, 0.2) is 0 Å². The number of benzene rings is 1. The summed E-state index contributed by atoms with van der Waals surface area (Å²) in [5, 5.41) is 4.30. The van der Waals surface area contributed by atoms with Crippen LogP contribution in [0, 0.1) is 6.92 Å². The van der Waals surface area contributed by atoms with Crippen molar-refractivity contribution in [1.29, 1.82) is 0 Å². The average molecular weight is 275 g/mol. The van der Waals surface area contributed by atoms with E-state index in [1.54, 1.807) is 0 Å². The lowest BCUT2D eigenvalue weighted by atomic mass is 9.99. The second-order valence-electron chi connectivity index (χ2n) is 4.60. The molecule has 3 heteroatoms. The highest BCUT2D eigenvalue weighted by molar-refractivity contribution is 6.31. The van der Waals surface area contributed by atoms with Crippen molar-refractivity contribution in [3.8, 4) is 0 Å². The zero-order chi connectivity index (χ0) is 13.7. The maximum atomic E-state index is 6.30. The fraction of sp³-hybridized carbons (Fsp3) is 0.312. The van der Waals surface area contributed by atoms with Gasteiger partial charge in [-0.15, -0.1) is 0 Å². The molecule has 0 aliphatic carbocycles. The second kappa shape index (κ2) is 6.69. The van der Waals surface area contributed by atoms with Crippen molar-refractivity contribution in [1.82, 2.24) is 10.3 Å². The number of hydrogen-bond donors (Lipinski definition) is 1. The maximum Gasteiger partial charge on any atom is 0.0453 e. The monoisotopic (exact) mass is 274 g/mol. The molecule has 0 aliphatic rings. The Morgan fingerprint density at radius 1 is 1.21 bits per heavy atom. The Morgan fingerprint density at radius 2 is 2.00 bits per heavy atom. The van der Waals surface area contributed by atoms with E-state index in [4.69, 9.17) is 11.6 Å². The standard InChI is InChI=1S/C16H19ClN2/c1-3-18-16(13-8-4-5-9-14(13)17)11-15-12(2)7-6-10-19-15/h4-10,16,18H,3,11H2,1-2H3. The molecule has 0 fully saturated rings. The predicted molar refractivity (Wildman–Crippen MR) is 80.5 cm³/mol. The Bertz CT molecular complexity index is 540. The topological polar surface area (TPSA) is 24.9 Å². The van der Waals surface area contributed by atoms with Gasteiger partial charge in [-0.3, -0.25) is 4.98 Å². The fourth-order valence-electron chi connectivity index (χ4n) is 2.22. The molecule has 1 unspecified atom stereocenters. The van der Waals surface area contributed by atoms with Crippen LogP contribution in [0.4, 0.5) is 0 Å². The van der Waals surface area contributed by atoms with Gasteiger partial charge in [0.25, 0.3) is 0 Å². The van der Waals surface area contributed by atoms with Gasteiger partial charge in [-0.2, -0.15) is 0 Å².